The van der Waals surface area contributed by atoms with E-state index >= 15 is 0 Å². The lowest BCUT2D eigenvalue weighted by Crippen LogP contribution is -2.42. The standard InChI is InChI=1S/C15H23N3O3S.C2HF3O2/c1-20-6-3-17-15(19)12-8-11-2-5-18(9-13(11)21-12)10-14-16-4-7-22-14;3-2(4,5)1(6)7/h4,7,11-13H,2-3,5-6,8-10H2,1H3,(H,17,19);(H,6,7)/t11-,12+,13+;/m0./s1. The van der Waals surface area contributed by atoms with E-state index < -0.39 is 12.1 Å². The number of ether oxygens (including phenoxy) is 2. The highest BCUT2D eigenvalue weighted by molar-refractivity contribution is 7.09. The number of carbonyl (C=O) groups excluding carboxylic acids is 1. The van der Waals surface area contributed by atoms with Gasteiger partial charge in [-0.05, 0) is 25.3 Å². The molecule has 1 amide bonds. The van der Waals surface area contributed by atoms with Gasteiger partial charge in [0.25, 0.3) is 0 Å². The third-order valence-electron chi connectivity index (χ3n) is 4.62. The Morgan fingerprint density at radius 3 is 2.79 bits per heavy atom. The predicted molar refractivity (Wildman–Crippen MR) is 97.4 cm³/mol. The molecule has 0 spiro atoms. The second-order valence-corrected chi connectivity index (χ2v) is 7.67. The summed E-state index contributed by atoms with van der Waals surface area (Å²) in [7, 11) is 1.63. The first-order chi connectivity index (χ1) is 13.7. The van der Waals surface area contributed by atoms with E-state index in [1.807, 2.05) is 11.6 Å². The molecular weight excluding hydrogens is 415 g/mol. The van der Waals surface area contributed by atoms with Gasteiger partial charge in [0.05, 0.1) is 19.3 Å². The van der Waals surface area contributed by atoms with Gasteiger partial charge in [-0.15, -0.1) is 11.3 Å². The monoisotopic (exact) mass is 439 g/mol. The first-order valence-corrected chi connectivity index (χ1v) is 9.91. The van der Waals surface area contributed by atoms with Crippen molar-refractivity contribution in [2.45, 2.75) is 37.8 Å². The van der Waals surface area contributed by atoms with Crippen molar-refractivity contribution in [1.29, 1.82) is 0 Å². The van der Waals surface area contributed by atoms with Gasteiger partial charge < -0.3 is 19.9 Å². The van der Waals surface area contributed by atoms with Gasteiger partial charge in [-0.3, -0.25) is 9.69 Å². The molecule has 164 valence electrons. The average molecular weight is 439 g/mol. The number of hydrogen-bond donors (Lipinski definition) is 2. The summed E-state index contributed by atoms with van der Waals surface area (Å²) in [6.45, 7) is 3.91. The number of carbonyl (C=O) groups is 2. The molecule has 12 heteroatoms. The van der Waals surface area contributed by atoms with Crippen molar-refractivity contribution in [1.82, 2.24) is 15.2 Å². The molecule has 29 heavy (non-hydrogen) atoms. The van der Waals surface area contributed by atoms with Gasteiger partial charge >= 0.3 is 12.1 Å². The molecule has 0 saturated carbocycles. The van der Waals surface area contributed by atoms with Crippen molar-refractivity contribution in [3.8, 4) is 0 Å². The van der Waals surface area contributed by atoms with Gasteiger partial charge in [-0.25, -0.2) is 9.78 Å². The van der Waals surface area contributed by atoms with Gasteiger partial charge in [0.15, 0.2) is 0 Å². The number of piperidine rings is 1. The molecule has 0 aromatic carbocycles. The quantitative estimate of drug-likeness (QED) is 0.648. The number of rotatable bonds is 6. The Kier molecular flexibility index (Phi) is 8.80. The lowest BCUT2D eigenvalue weighted by Gasteiger charge is -2.33. The molecule has 2 aliphatic heterocycles. The SMILES string of the molecule is COCCNC(=O)[C@H]1C[C@@H]2CCN(Cc3nccs3)C[C@H]2O1.O=C(O)C(F)(F)F. The maximum atomic E-state index is 12.1. The molecule has 3 rings (SSSR count). The fourth-order valence-corrected chi connectivity index (χ4v) is 3.88. The number of hydrogen-bond acceptors (Lipinski definition) is 7. The highest BCUT2D eigenvalue weighted by atomic mass is 32.1. The summed E-state index contributed by atoms with van der Waals surface area (Å²) in [6, 6.07) is 0. The molecule has 0 radical (unpaired) electrons. The molecule has 3 heterocycles. The zero-order chi connectivity index (χ0) is 21.4. The third kappa shape index (κ3) is 7.53. The van der Waals surface area contributed by atoms with E-state index in [0.717, 1.165) is 37.5 Å². The van der Waals surface area contributed by atoms with E-state index in [0.29, 0.717) is 19.1 Å². The third-order valence-corrected chi connectivity index (χ3v) is 5.38. The van der Waals surface area contributed by atoms with Crippen molar-refractivity contribution < 1.29 is 37.3 Å². The predicted octanol–water partition coefficient (Wildman–Crippen LogP) is 1.52. The molecule has 8 nitrogen and oxygen atoms in total. The molecule has 2 aliphatic rings. The largest absolute Gasteiger partial charge is 0.490 e. The fraction of sp³-hybridized carbons (Fsp3) is 0.706. The summed E-state index contributed by atoms with van der Waals surface area (Å²) in [5.41, 5.74) is 0. The molecule has 2 N–H and O–H groups in total. The molecular formula is C17H24F3N3O5S. The van der Waals surface area contributed by atoms with Crippen LogP contribution in [0.4, 0.5) is 13.2 Å². The summed E-state index contributed by atoms with van der Waals surface area (Å²) >= 11 is 1.69. The highest BCUT2D eigenvalue weighted by Crippen LogP contribution is 2.33. The van der Waals surface area contributed by atoms with Gasteiger partial charge in [0, 0.05) is 31.8 Å². The Balaban J connectivity index is 0.000000370. The van der Waals surface area contributed by atoms with E-state index in [-0.39, 0.29) is 18.1 Å². The molecule has 0 unspecified atom stereocenters. The smallest absolute Gasteiger partial charge is 0.475 e. The molecule has 1 aromatic heterocycles. The summed E-state index contributed by atoms with van der Waals surface area (Å²) in [5.74, 6) is -2.25. The normalized spacial score (nSPS) is 24.3. The fourth-order valence-electron chi connectivity index (χ4n) is 3.22. The number of thiazole rings is 1. The topological polar surface area (TPSA) is 101 Å². The van der Waals surface area contributed by atoms with E-state index in [4.69, 9.17) is 19.4 Å². The molecule has 2 fully saturated rings. The number of likely N-dealkylation sites (tertiary alicyclic amines) is 1. The number of alkyl halides is 3. The van der Waals surface area contributed by atoms with Gasteiger partial charge in [-0.2, -0.15) is 13.2 Å². The average Bonchev–Trinajstić information content (AvgIpc) is 3.30. The van der Waals surface area contributed by atoms with Crippen LogP contribution in [0.5, 0.6) is 0 Å². The minimum absolute atomic E-state index is 0.00192. The van der Waals surface area contributed by atoms with Crippen LogP contribution in [-0.2, 0) is 25.6 Å². The van der Waals surface area contributed by atoms with Crippen molar-refractivity contribution >= 4 is 23.2 Å². The lowest BCUT2D eigenvalue weighted by molar-refractivity contribution is -0.192. The number of halogens is 3. The Hall–Kier alpha value is -1.76. The van der Waals surface area contributed by atoms with Crippen molar-refractivity contribution in [3.63, 3.8) is 0 Å². The lowest BCUT2D eigenvalue weighted by atomic mass is 9.91. The van der Waals surface area contributed by atoms with Crippen LogP contribution in [0.3, 0.4) is 0 Å². The van der Waals surface area contributed by atoms with Crippen LogP contribution in [0.15, 0.2) is 11.6 Å². The number of amides is 1. The Morgan fingerprint density at radius 1 is 1.48 bits per heavy atom. The van der Waals surface area contributed by atoms with Crippen LogP contribution in [-0.4, -0.2) is 78.6 Å². The van der Waals surface area contributed by atoms with Crippen LogP contribution >= 0.6 is 11.3 Å². The minimum Gasteiger partial charge on any atom is -0.475 e. The molecule has 2 saturated heterocycles. The Morgan fingerprint density at radius 2 is 2.21 bits per heavy atom. The van der Waals surface area contributed by atoms with Crippen molar-refractivity contribution in [2.24, 2.45) is 5.92 Å². The Labute approximate surface area is 170 Å². The Bertz CT molecular complexity index is 659. The molecule has 0 bridgehead atoms. The summed E-state index contributed by atoms with van der Waals surface area (Å²) in [5, 5.41) is 13.1. The van der Waals surface area contributed by atoms with Crippen LogP contribution in [0, 0.1) is 5.92 Å². The number of fused-ring (bicyclic) bond motifs is 1. The number of carboxylic acid groups (broad SMARTS) is 1. The summed E-state index contributed by atoms with van der Waals surface area (Å²) in [4.78, 5) is 27.7. The number of nitrogens with zero attached hydrogens (tertiary/aromatic N) is 2. The molecule has 3 atom stereocenters. The number of aliphatic carboxylic acids is 1. The zero-order valence-corrected chi connectivity index (χ0v) is 16.7. The second-order valence-electron chi connectivity index (χ2n) is 6.70. The van der Waals surface area contributed by atoms with E-state index in [1.165, 1.54) is 0 Å². The van der Waals surface area contributed by atoms with Crippen LogP contribution in [0.1, 0.15) is 17.8 Å². The van der Waals surface area contributed by atoms with Crippen LogP contribution < -0.4 is 5.32 Å². The zero-order valence-electron chi connectivity index (χ0n) is 15.9. The van der Waals surface area contributed by atoms with E-state index in [1.54, 1.807) is 18.4 Å². The summed E-state index contributed by atoms with van der Waals surface area (Å²) < 4.78 is 42.7. The van der Waals surface area contributed by atoms with E-state index in [2.05, 4.69) is 15.2 Å². The van der Waals surface area contributed by atoms with Gasteiger partial charge in [0.2, 0.25) is 5.91 Å². The first kappa shape index (κ1) is 23.5. The van der Waals surface area contributed by atoms with Crippen LogP contribution in [0.2, 0.25) is 0 Å². The number of methoxy groups -OCH3 is 1. The van der Waals surface area contributed by atoms with Crippen molar-refractivity contribution in [3.05, 3.63) is 16.6 Å². The minimum atomic E-state index is -5.08. The maximum Gasteiger partial charge on any atom is 0.490 e. The first-order valence-electron chi connectivity index (χ1n) is 9.03. The number of carboxylic acids is 1. The second kappa shape index (κ2) is 10.9. The maximum absolute atomic E-state index is 12.1. The summed E-state index contributed by atoms with van der Waals surface area (Å²) in [6.07, 6.45) is -1.43. The molecule has 0 aliphatic carbocycles. The highest BCUT2D eigenvalue weighted by Gasteiger charge is 2.41. The van der Waals surface area contributed by atoms with Gasteiger partial charge in [0.1, 0.15) is 11.1 Å². The molecule has 1 aromatic rings. The van der Waals surface area contributed by atoms with E-state index in [9.17, 15) is 18.0 Å². The number of aromatic nitrogens is 1. The van der Waals surface area contributed by atoms with Crippen LogP contribution in [0.25, 0.3) is 0 Å². The van der Waals surface area contributed by atoms with Crippen molar-refractivity contribution in [2.75, 3.05) is 33.4 Å². The number of nitrogens with one attached hydrogen (secondary N) is 1. The van der Waals surface area contributed by atoms with Gasteiger partial charge in [-0.1, -0.05) is 0 Å².